The number of benzene rings is 1. The van der Waals surface area contributed by atoms with E-state index in [-0.39, 0.29) is 18.8 Å². The highest BCUT2D eigenvalue weighted by Gasteiger charge is 2.11. The van der Waals surface area contributed by atoms with Gasteiger partial charge in [-0.3, -0.25) is 4.79 Å². The third-order valence-electron chi connectivity index (χ3n) is 2.42. The first-order valence-electron chi connectivity index (χ1n) is 5.92. The third-order valence-corrected chi connectivity index (χ3v) is 3.19. The van der Waals surface area contributed by atoms with E-state index < -0.39 is 15.9 Å². The van der Waals surface area contributed by atoms with Crippen molar-refractivity contribution in [3.63, 3.8) is 0 Å². The van der Waals surface area contributed by atoms with Crippen molar-refractivity contribution in [2.75, 3.05) is 18.8 Å². The zero-order chi connectivity index (χ0) is 15.2. The minimum Gasteiger partial charge on any atom is -0.351 e. The lowest BCUT2D eigenvalue weighted by atomic mass is 10.0. The Morgan fingerprint density at radius 2 is 2.10 bits per heavy atom. The number of primary sulfonamides is 1. The molecule has 0 atom stereocenters. The second kappa shape index (κ2) is 7.05. The largest absolute Gasteiger partial charge is 0.351 e. The number of sulfonamides is 1. The number of hydrogen-bond donors (Lipinski definition) is 3. The molecule has 108 valence electrons. The van der Waals surface area contributed by atoms with Crippen LogP contribution < -0.4 is 16.2 Å². The molecule has 20 heavy (non-hydrogen) atoms. The standard InChI is InChI=1S/C13H17N3O3S/c1-10-4-5-11(3-2-6-14)12(9-10)13(17)16-7-8-20(15,18)19/h4-5,9H,6-8,14H2,1H3,(H,16,17)(H2,15,18,19). The van der Waals surface area contributed by atoms with Crippen LogP contribution in [0.5, 0.6) is 0 Å². The van der Waals surface area contributed by atoms with E-state index in [2.05, 4.69) is 17.2 Å². The maximum Gasteiger partial charge on any atom is 0.252 e. The minimum atomic E-state index is -3.59. The molecule has 1 aromatic rings. The second-order valence-electron chi connectivity index (χ2n) is 4.18. The average molecular weight is 295 g/mol. The molecule has 1 aromatic carbocycles. The molecule has 0 saturated heterocycles. The Balaban J connectivity index is 2.88. The summed E-state index contributed by atoms with van der Waals surface area (Å²) in [4.78, 5) is 12.0. The van der Waals surface area contributed by atoms with Crippen LogP contribution >= 0.6 is 0 Å². The number of carbonyl (C=O) groups excluding carboxylic acids is 1. The molecule has 0 saturated carbocycles. The van der Waals surface area contributed by atoms with Gasteiger partial charge in [-0.15, -0.1) is 0 Å². The zero-order valence-corrected chi connectivity index (χ0v) is 12.0. The molecule has 0 spiro atoms. The molecule has 0 fully saturated rings. The van der Waals surface area contributed by atoms with E-state index in [0.29, 0.717) is 11.1 Å². The fraction of sp³-hybridized carbons (Fsp3) is 0.308. The van der Waals surface area contributed by atoms with Crippen LogP contribution in [0.3, 0.4) is 0 Å². The van der Waals surface area contributed by atoms with E-state index in [0.717, 1.165) is 5.56 Å². The summed E-state index contributed by atoms with van der Waals surface area (Å²) in [5.41, 5.74) is 7.15. The molecular weight excluding hydrogens is 278 g/mol. The van der Waals surface area contributed by atoms with Crippen molar-refractivity contribution in [1.29, 1.82) is 0 Å². The van der Waals surface area contributed by atoms with Crippen LogP contribution in [0, 0.1) is 18.8 Å². The van der Waals surface area contributed by atoms with E-state index in [1.54, 1.807) is 12.1 Å². The molecule has 0 aliphatic rings. The predicted octanol–water partition coefficient (Wildman–Crippen LogP) is -0.676. The van der Waals surface area contributed by atoms with E-state index in [1.165, 1.54) is 0 Å². The lowest BCUT2D eigenvalue weighted by Crippen LogP contribution is -2.31. The van der Waals surface area contributed by atoms with Crippen LogP contribution in [0.15, 0.2) is 18.2 Å². The smallest absolute Gasteiger partial charge is 0.252 e. The molecular formula is C13H17N3O3S. The van der Waals surface area contributed by atoms with E-state index in [1.807, 2.05) is 13.0 Å². The first-order chi connectivity index (χ1) is 9.33. The first kappa shape index (κ1) is 16.2. The summed E-state index contributed by atoms with van der Waals surface area (Å²) in [7, 11) is -3.59. The van der Waals surface area contributed by atoms with Crippen LogP contribution in [-0.2, 0) is 10.0 Å². The number of rotatable bonds is 4. The average Bonchev–Trinajstić information content (AvgIpc) is 2.35. The molecule has 0 aromatic heterocycles. The van der Waals surface area contributed by atoms with Gasteiger partial charge in [-0.05, 0) is 19.1 Å². The van der Waals surface area contributed by atoms with E-state index in [9.17, 15) is 13.2 Å². The molecule has 0 heterocycles. The lowest BCUT2D eigenvalue weighted by Gasteiger charge is -2.07. The number of nitrogens with one attached hydrogen (secondary N) is 1. The fourth-order valence-corrected chi connectivity index (χ4v) is 1.89. The monoisotopic (exact) mass is 295 g/mol. The van der Waals surface area contributed by atoms with Gasteiger partial charge in [0.1, 0.15) is 0 Å². The van der Waals surface area contributed by atoms with E-state index in [4.69, 9.17) is 10.9 Å². The summed E-state index contributed by atoms with van der Waals surface area (Å²) < 4.78 is 21.6. The molecule has 0 aliphatic heterocycles. The molecule has 0 bridgehead atoms. The number of nitrogens with two attached hydrogens (primary N) is 2. The van der Waals surface area contributed by atoms with Gasteiger partial charge in [0, 0.05) is 12.1 Å². The quantitative estimate of drug-likeness (QED) is 0.638. The molecule has 7 heteroatoms. The van der Waals surface area contributed by atoms with Gasteiger partial charge in [0.05, 0.1) is 17.9 Å². The van der Waals surface area contributed by atoms with Gasteiger partial charge in [0.2, 0.25) is 10.0 Å². The van der Waals surface area contributed by atoms with Crippen molar-refractivity contribution in [3.05, 3.63) is 34.9 Å². The zero-order valence-electron chi connectivity index (χ0n) is 11.1. The highest BCUT2D eigenvalue weighted by atomic mass is 32.2. The third kappa shape index (κ3) is 5.40. The Morgan fingerprint density at radius 1 is 1.40 bits per heavy atom. The van der Waals surface area contributed by atoms with Gasteiger partial charge in [-0.1, -0.05) is 23.5 Å². The van der Waals surface area contributed by atoms with Gasteiger partial charge in [-0.25, -0.2) is 13.6 Å². The maximum absolute atomic E-state index is 12.0. The molecule has 0 radical (unpaired) electrons. The van der Waals surface area contributed by atoms with Gasteiger partial charge in [0.25, 0.3) is 5.91 Å². The Bertz CT molecular complexity index is 657. The molecule has 1 rings (SSSR count). The van der Waals surface area contributed by atoms with Crippen molar-refractivity contribution in [2.24, 2.45) is 10.9 Å². The number of carbonyl (C=O) groups is 1. The van der Waals surface area contributed by atoms with Crippen LogP contribution in [-0.4, -0.2) is 33.2 Å². The Labute approximate surface area is 118 Å². The van der Waals surface area contributed by atoms with Crippen molar-refractivity contribution < 1.29 is 13.2 Å². The molecule has 1 amide bonds. The van der Waals surface area contributed by atoms with Gasteiger partial charge in [-0.2, -0.15) is 0 Å². The second-order valence-corrected chi connectivity index (χ2v) is 5.91. The summed E-state index contributed by atoms with van der Waals surface area (Å²) in [5, 5.41) is 7.37. The summed E-state index contributed by atoms with van der Waals surface area (Å²) >= 11 is 0. The summed E-state index contributed by atoms with van der Waals surface area (Å²) in [6.45, 7) is 2.00. The first-order valence-corrected chi connectivity index (χ1v) is 7.63. The van der Waals surface area contributed by atoms with Gasteiger partial charge in [0.15, 0.2) is 0 Å². The molecule has 6 nitrogen and oxygen atoms in total. The highest BCUT2D eigenvalue weighted by molar-refractivity contribution is 7.89. The number of hydrogen-bond acceptors (Lipinski definition) is 4. The highest BCUT2D eigenvalue weighted by Crippen LogP contribution is 2.10. The molecule has 5 N–H and O–H groups in total. The summed E-state index contributed by atoms with van der Waals surface area (Å²) in [5.74, 6) is 4.79. The molecule has 0 unspecified atom stereocenters. The SMILES string of the molecule is Cc1ccc(C#CCN)c(C(=O)NCCS(N)(=O)=O)c1. The number of aryl methyl sites for hydroxylation is 1. The van der Waals surface area contributed by atoms with Crippen molar-refractivity contribution in [2.45, 2.75) is 6.92 Å². The van der Waals surface area contributed by atoms with Crippen molar-refractivity contribution in [1.82, 2.24) is 5.32 Å². The topological polar surface area (TPSA) is 115 Å². The predicted molar refractivity (Wildman–Crippen MR) is 77.4 cm³/mol. The normalized spacial score (nSPS) is 10.6. The van der Waals surface area contributed by atoms with Crippen LogP contribution in [0.1, 0.15) is 21.5 Å². The van der Waals surface area contributed by atoms with Gasteiger partial charge >= 0.3 is 0 Å². The fourth-order valence-electron chi connectivity index (χ4n) is 1.50. The van der Waals surface area contributed by atoms with Crippen LogP contribution in [0.25, 0.3) is 0 Å². The van der Waals surface area contributed by atoms with E-state index >= 15 is 0 Å². The van der Waals surface area contributed by atoms with Crippen LogP contribution in [0.2, 0.25) is 0 Å². The summed E-state index contributed by atoms with van der Waals surface area (Å²) in [6.07, 6.45) is 0. The lowest BCUT2D eigenvalue weighted by molar-refractivity contribution is 0.0956. The minimum absolute atomic E-state index is 0.0463. The maximum atomic E-state index is 12.0. The molecule has 0 aliphatic carbocycles. The Morgan fingerprint density at radius 3 is 2.70 bits per heavy atom. The Kier molecular flexibility index (Phi) is 5.70. The number of amides is 1. The van der Waals surface area contributed by atoms with Crippen molar-refractivity contribution >= 4 is 15.9 Å². The van der Waals surface area contributed by atoms with Crippen LogP contribution in [0.4, 0.5) is 0 Å². The van der Waals surface area contributed by atoms with Crippen molar-refractivity contribution in [3.8, 4) is 11.8 Å². The summed E-state index contributed by atoms with van der Waals surface area (Å²) in [6, 6.07) is 5.25. The Hall–Kier alpha value is -1.88. The van der Waals surface area contributed by atoms with Gasteiger partial charge < -0.3 is 11.1 Å².